The lowest BCUT2D eigenvalue weighted by Gasteiger charge is -2.16. The van der Waals surface area contributed by atoms with Crippen LogP contribution in [0, 0.1) is 13.8 Å². The van der Waals surface area contributed by atoms with Gasteiger partial charge in [0.15, 0.2) is 11.0 Å². The molecule has 1 aliphatic rings. The number of hydrogen-bond acceptors (Lipinski definition) is 6. The minimum atomic E-state index is -0.0893. The van der Waals surface area contributed by atoms with Crippen molar-refractivity contribution in [2.75, 3.05) is 23.0 Å². The first-order valence-electron chi connectivity index (χ1n) is 11.0. The highest BCUT2D eigenvalue weighted by Crippen LogP contribution is 2.25. The van der Waals surface area contributed by atoms with Gasteiger partial charge in [-0.3, -0.25) is 4.79 Å². The summed E-state index contributed by atoms with van der Waals surface area (Å²) in [4.78, 5) is 12.5. The van der Waals surface area contributed by atoms with Crippen LogP contribution in [-0.2, 0) is 22.6 Å². The van der Waals surface area contributed by atoms with Gasteiger partial charge in [0.05, 0.1) is 30.6 Å². The number of aromatic nitrogens is 3. The number of anilines is 2. The number of amides is 1. The highest BCUT2D eigenvalue weighted by molar-refractivity contribution is 9.10. The molecule has 4 rings (SSSR count). The van der Waals surface area contributed by atoms with E-state index in [1.165, 1.54) is 22.9 Å². The van der Waals surface area contributed by atoms with Crippen molar-refractivity contribution in [3.05, 3.63) is 63.9 Å². The third-order valence-corrected chi connectivity index (χ3v) is 7.16. The van der Waals surface area contributed by atoms with E-state index in [2.05, 4.69) is 73.4 Å². The van der Waals surface area contributed by atoms with Gasteiger partial charge in [-0.25, -0.2) is 0 Å². The molecule has 3 aromatic rings. The van der Waals surface area contributed by atoms with E-state index in [4.69, 9.17) is 4.74 Å². The van der Waals surface area contributed by atoms with E-state index in [0.717, 1.165) is 46.3 Å². The number of carbonyl (C=O) groups excluding carboxylic acids is 1. The Hall–Kier alpha value is -2.36. The predicted octanol–water partition coefficient (Wildman–Crippen LogP) is 5.18. The molecule has 2 heterocycles. The zero-order valence-electron chi connectivity index (χ0n) is 18.8. The Morgan fingerprint density at radius 3 is 2.82 bits per heavy atom. The largest absolute Gasteiger partial charge is 0.378 e. The van der Waals surface area contributed by atoms with Crippen LogP contribution in [-0.4, -0.2) is 39.1 Å². The Morgan fingerprint density at radius 1 is 1.21 bits per heavy atom. The van der Waals surface area contributed by atoms with E-state index < -0.39 is 0 Å². The maximum Gasteiger partial charge on any atom is 0.234 e. The Morgan fingerprint density at radius 2 is 2.06 bits per heavy atom. The van der Waals surface area contributed by atoms with Crippen LogP contribution >= 0.6 is 27.7 Å². The van der Waals surface area contributed by atoms with Crippen LogP contribution in [0.25, 0.3) is 0 Å². The van der Waals surface area contributed by atoms with Gasteiger partial charge in [0, 0.05) is 16.8 Å². The molecule has 1 unspecified atom stereocenters. The fourth-order valence-electron chi connectivity index (χ4n) is 3.80. The Bertz CT molecular complexity index is 1110. The molecule has 0 aliphatic carbocycles. The molecule has 0 bridgehead atoms. The molecule has 1 saturated heterocycles. The summed E-state index contributed by atoms with van der Waals surface area (Å²) < 4.78 is 8.80. The summed E-state index contributed by atoms with van der Waals surface area (Å²) in [5.41, 5.74) is 4.26. The number of rotatable bonds is 9. The van der Waals surface area contributed by atoms with Crippen LogP contribution in [0.4, 0.5) is 11.4 Å². The first kappa shape index (κ1) is 23.8. The monoisotopic (exact) mass is 529 g/mol. The number of halogens is 1. The second-order valence-electron chi connectivity index (χ2n) is 8.13. The van der Waals surface area contributed by atoms with E-state index in [1.807, 2.05) is 24.3 Å². The quantitative estimate of drug-likeness (QED) is 0.371. The zero-order chi connectivity index (χ0) is 23.2. The number of para-hydroxylation sites is 1. The maximum atomic E-state index is 12.5. The first-order chi connectivity index (χ1) is 16.0. The van der Waals surface area contributed by atoms with Crippen LogP contribution in [0.15, 0.2) is 52.1 Å². The highest BCUT2D eigenvalue weighted by atomic mass is 79.9. The van der Waals surface area contributed by atoms with Gasteiger partial charge >= 0.3 is 0 Å². The Labute approximate surface area is 206 Å². The van der Waals surface area contributed by atoms with E-state index in [-0.39, 0.29) is 17.8 Å². The van der Waals surface area contributed by atoms with Crippen molar-refractivity contribution in [2.45, 2.75) is 51.0 Å². The molecular weight excluding hydrogens is 502 g/mol. The van der Waals surface area contributed by atoms with Crippen molar-refractivity contribution in [3.63, 3.8) is 0 Å². The number of aryl methyl sites for hydroxylation is 2. The van der Waals surface area contributed by atoms with Crippen LogP contribution in [0.1, 0.15) is 29.8 Å². The smallest absolute Gasteiger partial charge is 0.234 e. The summed E-state index contributed by atoms with van der Waals surface area (Å²) in [5, 5.41) is 16.0. The summed E-state index contributed by atoms with van der Waals surface area (Å²) in [6.45, 7) is 6.21. The Balaban J connectivity index is 1.44. The molecule has 174 valence electrons. The van der Waals surface area contributed by atoms with Gasteiger partial charge in [-0.1, -0.05) is 41.6 Å². The SMILES string of the molecule is Cc1ccc(NCc2nnc(SCC(=O)Nc3ccccc3Br)n2CC2CCCO2)c(C)c1. The molecule has 7 nitrogen and oxygen atoms in total. The van der Waals surface area contributed by atoms with Gasteiger partial charge in [0.1, 0.15) is 0 Å². The molecule has 2 N–H and O–H groups in total. The van der Waals surface area contributed by atoms with Crippen molar-refractivity contribution >= 4 is 45.0 Å². The molecule has 1 fully saturated rings. The number of thioether (sulfide) groups is 1. The second-order valence-corrected chi connectivity index (χ2v) is 9.93. The summed E-state index contributed by atoms with van der Waals surface area (Å²) in [5.74, 6) is 0.989. The van der Waals surface area contributed by atoms with Gasteiger partial charge in [0.2, 0.25) is 5.91 Å². The molecule has 9 heteroatoms. The molecule has 0 radical (unpaired) electrons. The standard InChI is InChI=1S/C24H28BrN5O2S/c1-16-9-10-20(17(2)12-16)26-13-22-28-29-24(30(22)14-18-6-5-11-32-18)33-15-23(31)27-21-8-4-3-7-19(21)25/h3-4,7-10,12,18,26H,5-6,11,13-15H2,1-2H3,(H,27,31). The zero-order valence-corrected chi connectivity index (χ0v) is 21.2. The summed E-state index contributed by atoms with van der Waals surface area (Å²) in [6.07, 6.45) is 2.24. The van der Waals surface area contributed by atoms with Crippen molar-refractivity contribution in [1.29, 1.82) is 0 Å². The predicted molar refractivity (Wildman–Crippen MR) is 136 cm³/mol. The van der Waals surface area contributed by atoms with Gasteiger partial charge in [-0.15, -0.1) is 10.2 Å². The highest BCUT2D eigenvalue weighted by Gasteiger charge is 2.21. The number of benzene rings is 2. The van der Waals surface area contributed by atoms with Gasteiger partial charge in [-0.05, 0) is 66.4 Å². The molecule has 1 amide bonds. The van der Waals surface area contributed by atoms with Crippen LogP contribution in [0.5, 0.6) is 0 Å². The van der Waals surface area contributed by atoms with Gasteiger partial charge in [0.25, 0.3) is 0 Å². The van der Waals surface area contributed by atoms with E-state index >= 15 is 0 Å². The molecule has 1 atom stereocenters. The topological polar surface area (TPSA) is 81.1 Å². The van der Waals surface area contributed by atoms with Gasteiger partial charge in [-0.2, -0.15) is 0 Å². The molecule has 1 aromatic heterocycles. The van der Waals surface area contributed by atoms with E-state index in [1.54, 1.807) is 0 Å². The third-order valence-electron chi connectivity index (χ3n) is 5.50. The van der Waals surface area contributed by atoms with E-state index in [0.29, 0.717) is 13.1 Å². The Kier molecular flexibility index (Phi) is 8.06. The normalized spacial score (nSPS) is 15.5. The van der Waals surface area contributed by atoms with Crippen LogP contribution in [0.2, 0.25) is 0 Å². The second kappa shape index (κ2) is 11.2. The molecule has 0 saturated carbocycles. The first-order valence-corrected chi connectivity index (χ1v) is 12.8. The number of carbonyl (C=O) groups is 1. The molecule has 0 spiro atoms. The molecule has 2 aromatic carbocycles. The third kappa shape index (κ3) is 6.37. The van der Waals surface area contributed by atoms with Crippen molar-refractivity contribution in [2.24, 2.45) is 0 Å². The number of hydrogen-bond donors (Lipinski definition) is 2. The lowest BCUT2D eigenvalue weighted by atomic mass is 10.1. The van der Waals surface area contributed by atoms with Crippen molar-refractivity contribution < 1.29 is 9.53 Å². The fraction of sp³-hybridized carbons (Fsp3) is 0.375. The lowest BCUT2D eigenvalue weighted by molar-refractivity contribution is -0.113. The van der Waals surface area contributed by atoms with Crippen molar-refractivity contribution in [3.8, 4) is 0 Å². The summed E-state index contributed by atoms with van der Waals surface area (Å²) >= 11 is 4.85. The average molecular weight is 530 g/mol. The fourth-order valence-corrected chi connectivity index (χ4v) is 4.95. The van der Waals surface area contributed by atoms with E-state index in [9.17, 15) is 4.79 Å². The number of ether oxygens (including phenoxy) is 1. The molecule has 1 aliphatic heterocycles. The summed E-state index contributed by atoms with van der Waals surface area (Å²) in [6, 6.07) is 13.9. The average Bonchev–Trinajstić information content (AvgIpc) is 3.44. The van der Waals surface area contributed by atoms with Crippen LogP contribution in [0.3, 0.4) is 0 Å². The van der Waals surface area contributed by atoms with Crippen LogP contribution < -0.4 is 10.6 Å². The number of nitrogens with one attached hydrogen (secondary N) is 2. The molecular formula is C24H28BrN5O2S. The molecule has 33 heavy (non-hydrogen) atoms. The minimum absolute atomic E-state index is 0.0893. The summed E-state index contributed by atoms with van der Waals surface area (Å²) in [7, 11) is 0. The lowest BCUT2D eigenvalue weighted by Crippen LogP contribution is -2.20. The van der Waals surface area contributed by atoms with Gasteiger partial charge < -0.3 is 19.9 Å². The number of nitrogens with zero attached hydrogens (tertiary/aromatic N) is 3. The maximum absolute atomic E-state index is 12.5. The van der Waals surface area contributed by atoms with Crippen molar-refractivity contribution in [1.82, 2.24) is 14.8 Å². The minimum Gasteiger partial charge on any atom is -0.378 e.